The summed E-state index contributed by atoms with van der Waals surface area (Å²) in [6.45, 7) is 4.80. The van der Waals surface area contributed by atoms with Crippen LogP contribution in [0.25, 0.3) is 22.0 Å². The number of nitrogens with one attached hydrogen (secondary N) is 2. The van der Waals surface area contributed by atoms with E-state index in [1.165, 1.54) is 36.9 Å². The Balaban J connectivity index is 1.40. The summed E-state index contributed by atoms with van der Waals surface area (Å²) >= 11 is 0. The molecule has 6 rings (SSSR count). The zero-order chi connectivity index (χ0) is 16.8. The lowest BCUT2D eigenvalue weighted by molar-refractivity contribution is 0.0455. The van der Waals surface area contributed by atoms with E-state index in [-0.39, 0.29) is 0 Å². The fourth-order valence-electron chi connectivity index (χ4n) is 4.57. The Morgan fingerprint density at radius 2 is 1.92 bits per heavy atom. The topological polar surface area (TPSA) is 56.8 Å². The highest BCUT2D eigenvalue weighted by molar-refractivity contribution is 5.94. The van der Waals surface area contributed by atoms with Gasteiger partial charge < -0.3 is 10.3 Å². The molecule has 2 atom stereocenters. The predicted molar refractivity (Wildman–Crippen MR) is 100 cm³/mol. The molecule has 0 saturated carbocycles. The first-order chi connectivity index (χ1) is 12.3. The van der Waals surface area contributed by atoms with Crippen molar-refractivity contribution < 1.29 is 0 Å². The molecule has 0 radical (unpaired) electrons. The van der Waals surface area contributed by atoms with Crippen LogP contribution in [0.5, 0.6) is 0 Å². The van der Waals surface area contributed by atoms with Crippen LogP contribution in [0.4, 0.5) is 5.95 Å². The van der Waals surface area contributed by atoms with Crippen molar-refractivity contribution in [3.63, 3.8) is 0 Å². The third kappa shape index (κ3) is 2.50. The zero-order valence-electron chi connectivity index (χ0n) is 14.4. The third-order valence-corrected chi connectivity index (χ3v) is 6.03. The molecule has 0 aliphatic carbocycles. The summed E-state index contributed by atoms with van der Waals surface area (Å²) in [5, 5.41) is 4.81. The lowest BCUT2D eigenvalue weighted by Gasteiger charge is -2.49. The summed E-state index contributed by atoms with van der Waals surface area (Å²) in [4.78, 5) is 15.1. The van der Waals surface area contributed by atoms with Gasteiger partial charge >= 0.3 is 0 Å². The Morgan fingerprint density at radius 1 is 1.12 bits per heavy atom. The number of nitrogens with zero attached hydrogens (tertiary/aromatic N) is 3. The molecule has 25 heavy (non-hydrogen) atoms. The van der Waals surface area contributed by atoms with Crippen molar-refractivity contribution in [1.82, 2.24) is 19.9 Å². The molecule has 5 nitrogen and oxygen atoms in total. The lowest BCUT2D eigenvalue weighted by Crippen LogP contribution is -2.59. The van der Waals surface area contributed by atoms with Crippen LogP contribution in [-0.2, 0) is 0 Å². The smallest absolute Gasteiger partial charge is 0.222 e. The molecule has 0 amide bonds. The highest BCUT2D eigenvalue weighted by atomic mass is 15.2. The maximum atomic E-state index is 4.61. The summed E-state index contributed by atoms with van der Waals surface area (Å²) in [5.41, 5.74) is 3.36. The highest BCUT2D eigenvalue weighted by Gasteiger charge is 2.39. The number of benzene rings is 1. The molecular formula is C20H23N5. The van der Waals surface area contributed by atoms with Gasteiger partial charge in [-0.3, -0.25) is 4.90 Å². The first-order valence-corrected chi connectivity index (χ1v) is 9.19. The Bertz CT molecular complexity index is 874. The van der Waals surface area contributed by atoms with E-state index >= 15 is 0 Å². The van der Waals surface area contributed by atoms with Crippen molar-refractivity contribution in [3.05, 3.63) is 42.9 Å². The van der Waals surface area contributed by atoms with E-state index in [0.29, 0.717) is 12.1 Å². The van der Waals surface area contributed by atoms with Crippen LogP contribution in [0.3, 0.4) is 0 Å². The van der Waals surface area contributed by atoms with Gasteiger partial charge in [0.05, 0.1) is 0 Å². The normalized spacial score (nSPS) is 28.4. The average Bonchev–Trinajstić information content (AvgIpc) is 3.14. The summed E-state index contributed by atoms with van der Waals surface area (Å²) in [6, 6.07) is 9.40. The molecule has 3 fully saturated rings. The van der Waals surface area contributed by atoms with E-state index in [4.69, 9.17) is 0 Å². The van der Waals surface area contributed by atoms with Gasteiger partial charge in [-0.25, -0.2) is 9.97 Å². The Kier molecular flexibility index (Phi) is 3.48. The molecular weight excluding hydrogens is 310 g/mol. The molecule has 5 heteroatoms. The standard InChI is InChI=1S/C20H23N5/c1-13-19(14-6-9-25(13)10-7-14)24-20-22-11-15(12-23-20)16-3-2-4-18-17(16)5-8-21-18/h2-5,8,11-14,19,21H,6-7,9-10H2,1H3,(H,22,23,24). The van der Waals surface area contributed by atoms with Crippen LogP contribution < -0.4 is 5.32 Å². The van der Waals surface area contributed by atoms with Gasteiger partial charge in [-0.2, -0.15) is 0 Å². The minimum Gasteiger partial charge on any atom is -0.361 e. The van der Waals surface area contributed by atoms with Crippen molar-refractivity contribution >= 4 is 16.9 Å². The van der Waals surface area contributed by atoms with Gasteiger partial charge in [-0.15, -0.1) is 0 Å². The number of H-pyrrole nitrogens is 1. The SMILES string of the molecule is CC1C(Nc2ncc(-c3cccc4[nH]ccc34)cn2)C2CCN1CC2. The van der Waals surface area contributed by atoms with Gasteiger partial charge in [0, 0.05) is 47.1 Å². The van der Waals surface area contributed by atoms with Crippen LogP contribution in [0.2, 0.25) is 0 Å². The molecule has 3 aromatic rings. The van der Waals surface area contributed by atoms with Crippen molar-refractivity contribution in [2.45, 2.75) is 31.8 Å². The van der Waals surface area contributed by atoms with Crippen LogP contribution in [-0.4, -0.2) is 45.0 Å². The quantitative estimate of drug-likeness (QED) is 0.770. The number of aromatic amines is 1. The van der Waals surface area contributed by atoms with Crippen molar-refractivity contribution in [1.29, 1.82) is 0 Å². The number of rotatable bonds is 3. The molecule has 0 spiro atoms. The minimum atomic E-state index is 0.460. The van der Waals surface area contributed by atoms with Crippen molar-refractivity contribution in [3.8, 4) is 11.1 Å². The van der Waals surface area contributed by atoms with Crippen LogP contribution in [0, 0.1) is 5.92 Å². The Hall–Kier alpha value is -2.40. The van der Waals surface area contributed by atoms with E-state index in [9.17, 15) is 0 Å². The molecule has 3 aliphatic rings. The van der Waals surface area contributed by atoms with E-state index in [1.807, 2.05) is 18.6 Å². The van der Waals surface area contributed by atoms with Crippen molar-refractivity contribution in [2.24, 2.45) is 5.92 Å². The Morgan fingerprint density at radius 3 is 2.68 bits per heavy atom. The van der Waals surface area contributed by atoms with Gasteiger partial charge in [0.2, 0.25) is 5.95 Å². The lowest BCUT2D eigenvalue weighted by atomic mass is 9.79. The number of hydrogen-bond donors (Lipinski definition) is 2. The molecule has 2 N–H and O–H groups in total. The van der Waals surface area contributed by atoms with Gasteiger partial charge in [-0.05, 0) is 56.5 Å². The first-order valence-electron chi connectivity index (χ1n) is 9.19. The third-order valence-electron chi connectivity index (χ3n) is 6.03. The largest absolute Gasteiger partial charge is 0.361 e. The highest BCUT2D eigenvalue weighted by Crippen LogP contribution is 2.34. The number of fused-ring (bicyclic) bond motifs is 4. The maximum absolute atomic E-state index is 4.61. The molecule has 3 aliphatic heterocycles. The predicted octanol–water partition coefficient (Wildman–Crippen LogP) is 3.52. The number of piperidine rings is 3. The second-order valence-corrected chi connectivity index (χ2v) is 7.32. The second kappa shape index (κ2) is 5.85. The van der Waals surface area contributed by atoms with Crippen LogP contribution in [0.15, 0.2) is 42.9 Å². The van der Waals surface area contributed by atoms with Crippen LogP contribution in [0.1, 0.15) is 19.8 Å². The van der Waals surface area contributed by atoms with Crippen LogP contribution >= 0.6 is 0 Å². The maximum Gasteiger partial charge on any atom is 0.222 e. The van der Waals surface area contributed by atoms with E-state index in [2.05, 4.69) is 56.4 Å². The van der Waals surface area contributed by atoms with E-state index in [0.717, 1.165) is 22.9 Å². The molecule has 2 bridgehead atoms. The number of aromatic nitrogens is 3. The molecule has 1 aromatic carbocycles. The molecule has 3 saturated heterocycles. The van der Waals surface area contributed by atoms with E-state index in [1.54, 1.807) is 0 Å². The first kappa shape index (κ1) is 14.9. The second-order valence-electron chi connectivity index (χ2n) is 7.32. The number of anilines is 1. The zero-order valence-corrected chi connectivity index (χ0v) is 14.4. The molecule has 2 aromatic heterocycles. The average molecular weight is 333 g/mol. The summed E-state index contributed by atoms with van der Waals surface area (Å²) < 4.78 is 0. The molecule has 5 heterocycles. The summed E-state index contributed by atoms with van der Waals surface area (Å²) in [7, 11) is 0. The van der Waals surface area contributed by atoms with Gasteiger partial charge in [-0.1, -0.05) is 12.1 Å². The van der Waals surface area contributed by atoms with Gasteiger partial charge in [0.25, 0.3) is 0 Å². The molecule has 2 unspecified atom stereocenters. The Labute approximate surface area is 147 Å². The van der Waals surface area contributed by atoms with Gasteiger partial charge in [0.15, 0.2) is 0 Å². The summed E-state index contributed by atoms with van der Waals surface area (Å²) in [6.07, 6.45) is 8.41. The fourth-order valence-corrected chi connectivity index (χ4v) is 4.57. The number of hydrogen-bond acceptors (Lipinski definition) is 4. The van der Waals surface area contributed by atoms with E-state index < -0.39 is 0 Å². The monoisotopic (exact) mass is 333 g/mol. The van der Waals surface area contributed by atoms with Crippen molar-refractivity contribution in [2.75, 3.05) is 18.4 Å². The molecule has 128 valence electrons. The van der Waals surface area contributed by atoms with Gasteiger partial charge in [0.1, 0.15) is 0 Å². The summed E-state index contributed by atoms with van der Waals surface area (Å²) in [5.74, 6) is 1.49. The minimum absolute atomic E-state index is 0.460. The fraction of sp³-hybridized carbons (Fsp3) is 0.400.